The molecule has 4 heteroatoms. The lowest BCUT2D eigenvalue weighted by molar-refractivity contribution is -0.118. The summed E-state index contributed by atoms with van der Waals surface area (Å²) in [6, 6.07) is 15.2. The molecule has 114 valence electrons. The first kappa shape index (κ1) is 14.4. The van der Waals surface area contributed by atoms with E-state index in [-0.39, 0.29) is 11.8 Å². The standard InChI is InChI=1S/C18H19NO3/c1-2-21-17-10-6-4-8-15(17)19-18(20)14-11-12-22-16-9-5-3-7-13(14)16/h3-10,14H,2,11-12H2,1H3,(H,19,20). The smallest absolute Gasteiger partial charge is 0.232 e. The van der Waals surface area contributed by atoms with E-state index in [1.54, 1.807) is 0 Å². The van der Waals surface area contributed by atoms with Gasteiger partial charge >= 0.3 is 0 Å². The molecule has 0 saturated carbocycles. The van der Waals surface area contributed by atoms with Gasteiger partial charge in [0.25, 0.3) is 0 Å². The zero-order chi connectivity index (χ0) is 15.4. The molecule has 1 atom stereocenters. The number of carbonyl (C=O) groups excluding carboxylic acids is 1. The molecule has 1 aliphatic rings. The Hall–Kier alpha value is -2.49. The Kier molecular flexibility index (Phi) is 4.28. The molecule has 3 rings (SSSR count). The summed E-state index contributed by atoms with van der Waals surface area (Å²) in [4.78, 5) is 12.7. The molecule has 0 spiro atoms. The third-order valence-corrected chi connectivity index (χ3v) is 3.72. The number of ether oxygens (including phenoxy) is 2. The normalized spacial score (nSPS) is 16.3. The van der Waals surface area contributed by atoms with E-state index >= 15 is 0 Å². The lowest BCUT2D eigenvalue weighted by Crippen LogP contribution is -2.26. The summed E-state index contributed by atoms with van der Waals surface area (Å²) in [6.07, 6.45) is 0.680. The number of rotatable bonds is 4. The molecule has 1 amide bonds. The lowest BCUT2D eigenvalue weighted by atomic mass is 9.92. The Morgan fingerprint density at radius 2 is 2.00 bits per heavy atom. The van der Waals surface area contributed by atoms with Gasteiger partial charge in [-0.15, -0.1) is 0 Å². The van der Waals surface area contributed by atoms with Crippen molar-refractivity contribution in [3.63, 3.8) is 0 Å². The van der Waals surface area contributed by atoms with E-state index in [4.69, 9.17) is 9.47 Å². The minimum Gasteiger partial charge on any atom is -0.493 e. The Labute approximate surface area is 130 Å². The quantitative estimate of drug-likeness (QED) is 0.938. The molecular formula is C18H19NO3. The number of para-hydroxylation sites is 3. The van der Waals surface area contributed by atoms with Crippen molar-refractivity contribution < 1.29 is 14.3 Å². The van der Waals surface area contributed by atoms with Gasteiger partial charge in [-0.1, -0.05) is 30.3 Å². The Bertz CT molecular complexity index is 669. The van der Waals surface area contributed by atoms with Gasteiger partial charge in [0.2, 0.25) is 5.91 Å². The van der Waals surface area contributed by atoms with Gasteiger partial charge < -0.3 is 14.8 Å². The zero-order valence-corrected chi connectivity index (χ0v) is 12.5. The Morgan fingerprint density at radius 3 is 2.86 bits per heavy atom. The van der Waals surface area contributed by atoms with Crippen LogP contribution < -0.4 is 14.8 Å². The maximum Gasteiger partial charge on any atom is 0.232 e. The van der Waals surface area contributed by atoms with Crippen molar-refractivity contribution in [3.05, 3.63) is 54.1 Å². The van der Waals surface area contributed by atoms with Crippen LogP contribution in [0.3, 0.4) is 0 Å². The van der Waals surface area contributed by atoms with Crippen LogP contribution in [0.4, 0.5) is 5.69 Å². The molecule has 4 nitrogen and oxygen atoms in total. The maximum atomic E-state index is 12.7. The van der Waals surface area contributed by atoms with Crippen LogP contribution >= 0.6 is 0 Å². The van der Waals surface area contributed by atoms with Crippen molar-refractivity contribution in [2.75, 3.05) is 18.5 Å². The summed E-state index contributed by atoms with van der Waals surface area (Å²) in [6.45, 7) is 3.04. The van der Waals surface area contributed by atoms with Crippen LogP contribution in [0.15, 0.2) is 48.5 Å². The number of nitrogens with one attached hydrogen (secondary N) is 1. The number of hydrogen-bond acceptors (Lipinski definition) is 3. The van der Waals surface area contributed by atoms with Crippen LogP contribution in [0, 0.1) is 0 Å². The van der Waals surface area contributed by atoms with Gasteiger partial charge in [0.1, 0.15) is 11.5 Å². The third-order valence-electron chi connectivity index (χ3n) is 3.72. The van der Waals surface area contributed by atoms with Crippen molar-refractivity contribution >= 4 is 11.6 Å². The van der Waals surface area contributed by atoms with Crippen molar-refractivity contribution in [1.29, 1.82) is 0 Å². The summed E-state index contributed by atoms with van der Waals surface area (Å²) in [5, 5.41) is 2.99. The lowest BCUT2D eigenvalue weighted by Gasteiger charge is -2.25. The molecule has 0 bridgehead atoms. The second kappa shape index (κ2) is 6.52. The fourth-order valence-electron chi connectivity index (χ4n) is 2.69. The number of hydrogen-bond donors (Lipinski definition) is 1. The van der Waals surface area contributed by atoms with Gasteiger partial charge in [-0.25, -0.2) is 0 Å². The van der Waals surface area contributed by atoms with Crippen LogP contribution in [-0.4, -0.2) is 19.1 Å². The Morgan fingerprint density at radius 1 is 1.23 bits per heavy atom. The number of anilines is 1. The average Bonchev–Trinajstić information content (AvgIpc) is 2.56. The molecule has 1 unspecified atom stereocenters. The molecule has 22 heavy (non-hydrogen) atoms. The molecule has 0 fully saturated rings. The topological polar surface area (TPSA) is 47.6 Å². The van der Waals surface area contributed by atoms with Gasteiger partial charge in [0.15, 0.2) is 0 Å². The van der Waals surface area contributed by atoms with Gasteiger partial charge in [-0.05, 0) is 31.5 Å². The summed E-state index contributed by atoms with van der Waals surface area (Å²) in [5.74, 6) is 1.27. The molecule has 0 saturated heterocycles. The highest BCUT2D eigenvalue weighted by Gasteiger charge is 2.27. The van der Waals surface area contributed by atoms with E-state index < -0.39 is 0 Å². The summed E-state index contributed by atoms with van der Waals surface area (Å²) in [5.41, 5.74) is 1.65. The van der Waals surface area contributed by atoms with E-state index in [0.717, 1.165) is 11.3 Å². The molecule has 0 aromatic heterocycles. The van der Waals surface area contributed by atoms with Gasteiger partial charge in [-0.2, -0.15) is 0 Å². The van der Waals surface area contributed by atoms with Crippen molar-refractivity contribution in [3.8, 4) is 11.5 Å². The van der Waals surface area contributed by atoms with Crippen LogP contribution in [0.5, 0.6) is 11.5 Å². The molecule has 0 radical (unpaired) electrons. The van der Waals surface area contributed by atoms with E-state index in [1.165, 1.54) is 0 Å². The van der Waals surface area contributed by atoms with Crippen molar-refractivity contribution in [2.24, 2.45) is 0 Å². The third kappa shape index (κ3) is 2.91. The highest BCUT2D eigenvalue weighted by molar-refractivity contribution is 5.97. The molecule has 1 heterocycles. The van der Waals surface area contributed by atoms with Gasteiger partial charge in [0, 0.05) is 5.56 Å². The Balaban J connectivity index is 1.81. The van der Waals surface area contributed by atoms with Crippen LogP contribution in [-0.2, 0) is 4.79 Å². The summed E-state index contributed by atoms with van der Waals surface area (Å²) >= 11 is 0. The largest absolute Gasteiger partial charge is 0.493 e. The zero-order valence-electron chi connectivity index (χ0n) is 12.5. The number of carbonyl (C=O) groups is 1. The van der Waals surface area contributed by atoms with E-state index in [2.05, 4.69) is 5.32 Å². The number of benzene rings is 2. The molecule has 0 aliphatic carbocycles. The predicted octanol–water partition coefficient (Wildman–Crippen LogP) is 3.59. The fraction of sp³-hybridized carbons (Fsp3) is 0.278. The second-order valence-electron chi connectivity index (χ2n) is 5.15. The van der Waals surface area contributed by atoms with Crippen LogP contribution in [0.25, 0.3) is 0 Å². The number of fused-ring (bicyclic) bond motifs is 1. The molecule has 2 aromatic rings. The maximum absolute atomic E-state index is 12.7. The summed E-state index contributed by atoms with van der Waals surface area (Å²) in [7, 11) is 0. The van der Waals surface area contributed by atoms with Gasteiger partial charge in [-0.3, -0.25) is 4.79 Å². The minimum atomic E-state index is -0.195. The van der Waals surface area contributed by atoms with E-state index in [0.29, 0.717) is 31.1 Å². The van der Waals surface area contributed by atoms with Crippen molar-refractivity contribution in [2.45, 2.75) is 19.3 Å². The van der Waals surface area contributed by atoms with E-state index in [9.17, 15) is 4.79 Å². The second-order valence-corrected chi connectivity index (χ2v) is 5.15. The molecule has 1 N–H and O–H groups in total. The number of amides is 1. The van der Waals surface area contributed by atoms with Crippen LogP contribution in [0.2, 0.25) is 0 Å². The predicted molar refractivity (Wildman–Crippen MR) is 85.5 cm³/mol. The highest BCUT2D eigenvalue weighted by atomic mass is 16.5. The molecule has 1 aliphatic heterocycles. The molecule has 2 aromatic carbocycles. The van der Waals surface area contributed by atoms with Crippen LogP contribution in [0.1, 0.15) is 24.8 Å². The van der Waals surface area contributed by atoms with Crippen molar-refractivity contribution in [1.82, 2.24) is 0 Å². The highest BCUT2D eigenvalue weighted by Crippen LogP contribution is 2.35. The monoisotopic (exact) mass is 297 g/mol. The first-order chi connectivity index (χ1) is 10.8. The first-order valence-electron chi connectivity index (χ1n) is 7.54. The summed E-state index contributed by atoms with van der Waals surface area (Å²) < 4.78 is 11.2. The fourth-order valence-corrected chi connectivity index (χ4v) is 2.69. The van der Waals surface area contributed by atoms with Gasteiger partial charge in [0.05, 0.1) is 24.8 Å². The first-order valence-corrected chi connectivity index (χ1v) is 7.54. The minimum absolute atomic E-state index is 0.0251. The molecular weight excluding hydrogens is 278 g/mol. The van der Waals surface area contributed by atoms with E-state index in [1.807, 2.05) is 55.5 Å². The SMILES string of the molecule is CCOc1ccccc1NC(=O)C1CCOc2ccccc21. The average molecular weight is 297 g/mol.